The molecule has 2 amide bonds. The predicted molar refractivity (Wildman–Crippen MR) is 119 cm³/mol. The number of likely N-dealkylation sites (N-methyl/N-ethyl adjacent to an activating group) is 1. The number of nitrogens with zero attached hydrogens (tertiary/aromatic N) is 3. The molecule has 1 aromatic carbocycles. The van der Waals surface area contributed by atoms with E-state index < -0.39 is 0 Å². The smallest absolute Gasteiger partial charge is 0.239 e. The first-order valence-corrected chi connectivity index (χ1v) is 11.6. The molecule has 0 bridgehead atoms. The number of likely N-dealkylation sites (tertiary alicyclic amines) is 2. The van der Waals surface area contributed by atoms with Crippen LogP contribution < -0.4 is 5.32 Å². The van der Waals surface area contributed by atoms with Crippen LogP contribution in [0, 0.1) is 0 Å². The van der Waals surface area contributed by atoms with Gasteiger partial charge in [0.15, 0.2) is 0 Å². The zero-order valence-corrected chi connectivity index (χ0v) is 18.8. The number of benzene rings is 1. The summed E-state index contributed by atoms with van der Waals surface area (Å²) in [7, 11) is 3.83. The first-order valence-electron chi connectivity index (χ1n) is 11.6. The number of ether oxygens (including phenoxy) is 1. The average molecular weight is 429 g/mol. The van der Waals surface area contributed by atoms with Gasteiger partial charge in [-0.1, -0.05) is 30.3 Å². The van der Waals surface area contributed by atoms with Crippen LogP contribution in [0.25, 0.3) is 0 Å². The monoisotopic (exact) mass is 428 g/mol. The third kappa shape index (κ3) is 4.94. The number of carbonyl (C=O) groups excluding carboxylic acids is 2. The summed E-state index contributed by atoms with van der Waals surface area (Å²) in [6.07, 6.45) is 4.36. The number of carbonyl (C=O) groups is 2. The maximum absolute atomic E-state index is 13.0. The van der Waals surface area contributed by atoms with Gasteiger partial charge in [0, 0.05) is 51.8 Å². The molecule has 4 rings (SSSR count). The molecule has 170 valence electrons. The average Bonchev–Trinajstić information content (AvgIpc) is 3.38. The Hall–Kier alpha value is -1.96. The Kier molecular flexibility index (Phi) is 7.25. The van der Waals surface area contributed by atoms with Gasteiger partial charge >= 0.3 is 0 Å². The van der Waals surface area contributed by atoms with Gasteiger partial charge in [-0.05, 0) is 38.3 Å². The minimum Gasteiger partial charge on any atom is -0.383 e. The summed E-state index contributed by atoms with van der Waals surface area (Å²) in [5.41, 5.74) is 1.24. The van der Waals surface area contributed by atoms with Crippen molar-refractivity contribution < 1.29 is 14.3 Å². The van der Waals surface area contributed by atoms with Crippen molar-refractivity contribution in [2.45, 2.75) is 62.8 Å². The number of fused-ring (bicyclic) bond motifs is 1. The third-order valence-electron chi connectivity index (χ3n) is 7.33. The summed E-state index contributed by atoms with van der Waals surface area (Å²) in [6, 6.07) is 10.8. The van der Waals surface area contributed by atoms with Gasteiger partial charge in [0.25, 0.3) is 0 Å². The molecule has 7 heteroatoms. The van der Waals surface area contributed by atoms with Crippen LogP contribution >= 0.6 is 0 Å². The highest BCUT2D eigenvalue weighted by molar-refractivity contribution is 5.83. The summed E-state index contributed by atoms with van der Waals surface area (Å²) in [5, 5.41) is 3.17. The van der Waals surface area contributed by atoms with Gasteiger partial charge in [0.2, 0.25) is 11.8 Å². The highest BCUT2D eigenvalue weighted by Gasteiger charge is 2.45. The Labute approximate surface area is 185 Å². The highest BCUT2D eigenvalue weighted by Crippen LogP contribution is 2.29. The van der Waals surface area contributed by atoms with Crippen LogP contribution in [0.1, 0.15) is 37.7 Å². The Balaban J connectivity index is 1.36. The molecule has 0 saturated carbocycles. The first-order chi connectivity index (χ1) is 15.1. The number of hydrogen-bond donors (Lipinski definition) is 1. The maximum atomic E-state index is 13.0. The Morgan fingerprint density at radius 3 is 2.74 bits per heavy atom. The topological polar surface area (TPSA) is 65.1 Å². The van der Waals surface area contributed by atoms with Crippen LogP contribution in [0.4, 0.5) is 0 Å². The molecule has 3 aliphatic rings. The van der Waals surface area contributed by atoms with Crippen LogP contribution in [0.5, 0.6) is 0 Å². The number of amides is 2. The fourth-order valence-corrected chi connectivity index (χ4v) is 5.61. The van der Waals surface area contributed by atoms with E-state index in [9.17, 15) is 9.59 Å². The zero-order valence-electron chi connectivity index (χ0n) is 18.8. The second kappa shape index (κ2) is 10.1. The molecular formula is C24H36N4O3. The molecule has 3 heterocycles. The van der Waals surface area contributed by atoms with E-state index in [0.717, 1.165) is 45.3 Å². The largest absolute Gasteiger partial charge is 0.383 e. The van der Waals surface area contributed by atoms with Gasteiger partial charge in [-0.2, -0.15) is 0 Å². The fourth-order valence-electron chi connectivity index (χ4n) is 5.61. The van der Waals surface area contributed by atoms with Gasteiger partial charge in [0.05, 0.1) is 12.6 Å². The second-order valence-corrected chi connectivity index (χ2v) is 9.20. The Bertz CT molecular complexity index is 758. The van der Waals surface area contributed by atoms with Gasteiger partial charge in [-0.25, -0.2) is 0 Å². The lowest BCUT2D eigenvalue weighted by molar-refractivity contribution is -0.133. The van der Waals surface area contributed by atoms with E-state index in [1.165, 1.54) is 5.56 Å². The molecule has 0 spiro atoms. The van der Waals surface area contributed by atoms with Crippen molar-refractivity contribution in [3.8, 4) is 0 Å². The quantitative estimate of drug-likeness (QED) is 0.713. The minimum absolute atomic E-state index is 0.124. The van der Waals surface area contributed by atoms with Crippen molar-refractivity contribution >= 4 is 11.8 Å². The fraction of sp³-hybridized carbons (Fsp3) is 0.667. The zero-order chi connectivity index (χ0) is 21.8. The normalized spacial score (nSPS) is 29.6. The molecule has 0 aliphatic carbocycles. The van der Waals surface area contributed by atoms with E-state index in [1.807, 2.05) is 23.1 Å². The van der Waals surface area contributed by atoms with E-state index >= 15 is 0 Å². The van der Waals surface area contributed by atoms with Crippen molar-refractivity contribution in [1.82, 2.24) is 20.0 Å². The SMILES string of the molecule is COC[C@H]1CCCN1C(=O)CC[C@H]1CNC(=O)[C@@H]2[C@H](CCN2Cc2ccccc2)N1C. The predicted octanol–water partition coefficient (Wildman–Crippen LogP) is 1.48. The summed E-state index contributed by atoms with van der Waals surface area (Å²) in [6.45, 7) is 3.77. The third-order valence-corrected chi connectivity index (χ3v) is 7.33. The molecule has 3 fully saturated rings. The molecule has 0 radical (unpaired) electrons. The molecule has 1 aromatic rings. The molecule has 0 unspecified atom stereocenters. The number of nitrogens with one attached hydrogen (secondary N) is 1. The van der Waals surface area contributed by atoms with Crippen molar-refractivity contribution in [2.75, 3.05) is 40.4 Å². The van der Waals surface area contributed by atoms with Gasteiger partial charge in [-0.3, -0.25) is 19.4 Å². The number of hydrogen-bond acceptors (Lipinski definition) is 5. The molecule has 1 N–H and O–H groups in total. The molecule has 7 nitrogen and oxygen atoms in total. The van der Waals surface area contributed by atoms with E-state index in [1.54, 1.807) is 7.11 Å². The minimum atomic E-state index is -0.129. The Morgan fingerprint density at radius 1 is 1.16 bits per heavy atom. The summed E-state index contributed by atoms with van der Waals surface area (Å²) < 4.78 is 5.29. The van der Waals surface area contributed by atoms with Gasteiger partial charge in [-0.15, -0.1) is 0 Å². The number of rotatable bonds is 7. The molecular weight excluding hydrogens is 392 g/mol. The van der Waals surface area contributed by atoms with Gasteiger partial charge < -0.3 is 15.0 Å². The van der Waals surface area contributed by atoms with Crippen LogP contribution in [0.2, 0.25) is 0 Å². The lowest BCUT2D eigenvalue weighted by Gasteiger charge is -2.33. The lowest BCUT2D eigenvalue weighted by atomic mass is 10.0. The van der Waals surface area contributed by atoms with Crippen molar-refractivity contribution in [3.05, 3.63) is 35.9 Å². The van der Waals surface area contributed by atoms with Crippen molar-refractivity contribution in [3.63, 3.8) is 0 Å². The summed E-state index contributed by atoms with van der Waals surface area (Å²) in [5.74, 6) is 0.344. The van der Waals surface area contributed by atoms with Crippen molar-refractivity contribution in [2.24, 2.45) is 0 Å². The molecule has 0 aromatic heterocycles. The first kappa shape index (κ1) is 22.2. The standard InChI is InChI=1S/C24H36N4O3/c1-26-19(10-11-22(29)28-13-6-9-20(28)17-31-2)15-25-24(30)23-21(26)12-14-27(23)16-18-7-4-3-5-8-18/h3-5,7-8,19-21,23H,6,9-17H2,1-2H3,(H,25,30)/t19-,20+,21-,23-/m0/s1. The van der Waals surface area contributed by atoms with E-state index in [0.29, 0.717) is 19.6 Å². The maximum Gasteiger partial charge on any atom is 0.239 e. The molecule has 4 atom stereocenters. The number of methoxy groups -OCH3 is 1. The van der Waals surface area contributed by atoms with Crippen LogP contribution in [-0.4, -0.2) is 91.1 Å². The molecule has 31 heavy (non-hydrogen) atoms. The van der Waals surface area contributed by atoms with Crippen LogP contribution in [-0.2, 0) is 20.9 Å². The van der Waals surface area contributed by atoms with Crippen LogP contribution in [0.15, 0.2) is 30.3 Å². The summed E-state index contributed by atoms with van der Waals surface area (Å²) >= 11 is 0. The molecule has 3 saturated heterocycles. The summed E-state index contributed by atoms with van der Waals surface area (Å²) in [4.78, 5) is 32.5. The lowest BCUT2D eigenvalue weighted by Crippen LogP contribution is -2.49. The van der Waals surface area contributed by atoms with E-state index in [-0.39, 0.29) is 36.0 Å². The molecule has 3 aliphatic heterocycles. The van der Waals surface area contributed by atoms with Gasteiger partial charge in [0.1, 0.15) is 6.04 Å². The van der Waals surface area contributed by atoms with E-state index in [4.69, 9.17) is 4.74 Å². The van der Waals surface area contributed by atoms with E-state index in [2.05, 4.69) is 34.3 Å². The highest BCUT2D eigenvalue weighted by atomic mass is 16.5. The second-order valence-electron chi connectivity index (χ2n) is 9.20. The van der Waals surface area contributed by atoms with Crippen LogP contribution in [0.3, 0.4) is 0 Å². The van der Waals surface area contributed by atoms with Crippen molar-refractivity contribution in [1.29, 1.82) is 0 Å². The Morgan fingerprint density at radius 2 is 1.97 bits per heavy atom.